The lowest BCUT2D eigenvalue weighted by molar-refractivity contribution is -0.130. The summed E-state index contributed by atoms with van der Waals surface area (Å²) >= 11 is 3.38. The van der Waals surface area contributed by atoms with E-state index >= 15 is 0 Å². The Hall–Kier alpha value is -0.0500. The molecule has 0 aliphatic heterocycles. The van der Waals surface area contributed by atoms with E-state index in [1.54, 1.807) is 0 Å². The molecular formula is C12H22BrNO. The topological polar surface area (TPSA) is 20.3 Å². The quantitative estimate of drug-likeness (QED) is 0.539. The summed E-state index contributed by atoms with van der Waals surface area (Å²) in [5.41, 5.74) is 0. The molecule has 1 amide bonds. The highest BCUT2D eigenvalue weighted by molar-refractivity contribution is 9.09. The van der Waals surface area contributed by atoms with Crippen LogP contribution in [0.5, 0.6) is 0 Å². The molecule has 88 valence electrons. The first-order chi connectivity index (χ1) is 7.24. The van der Waals surface area contributed by atoms with Gasteiger partial charge in [-0.1, -0.05) is 28.8 Å². The van der Waals surface area contributed by atoms with E-state index in [2.05, 4.69) is 15.9 Å². The van der Waals surface area contributed by atoms with Gasteiger partial charge in [-0.3, -0.25) is 4.79 Å². The Balaban J connectivity index is 2.14. The summed E-state index contributed by atoms with van der Waals surface area (Å²) in [6.07, 6.45) is 8.18. The first-order valence-electron chi connectivity index (χ1n) is 6.04. The number of hydrogen-bond donors (Lipinski definition) is 0. The predicted molar refractivity (Wildman–Crippen MR) is 67.2 cm³/mol. The van der Waals surface area contributed by atoms with Gasteiger partial charge in [0.2, 0.25) is 5.91 Å². The molecule has 0 unspecified atom stereocenters. The van der Waals surface area contributed by atoms with Crippen LogP contribution in [0.15, 0.2) is 0 Å². The van der Waals surface area contributed by atoms with E-state index in [-0.39, 0.29) is 0 Å². The lowest BCUT2D eigenvalue weighted by Crippen LogP contribution is -2.30. The van der Waals surface area contributed by atoms with Gasteiger partial charge in [-0.25, -0.2) is 0 Å². The predicted octanol–water partition coefficient (Wildman–Crippen LogP) is 3.20. The van der Waals surface area contributed by atoms with E-state index in [4.69, 9.17) is 0 Å². The van der Waals surface area contributed by atoms with Crippen LogP contribution in [-0.2, 0) is 4.79 Å². The van der Waals surface area contributed by atoms with Gasteiger partial charge in [-0.05, 0) is 31.6 Å². The van der Waals surface area contributed by atoms with Crippen LogP contribution in [0.25, 0.3) is 0 Å². The van der Waals surface area contributed by atoms with Crippen molar-refractivity contribution in [3.63, 3.8) is 0 Å². The van der Waals surface area contributed by atoms with E-state index in [0.717, 1.165) is 37.1 Å². The van der Waals surface area contributed by atoms with Crippen LogP contribution in [0, 0.1) is 5.92 Å². The molecule has 0 aromatic heterocycles. The maximum absolute atomic E-state index is 11.7. The molecule has 3 heteroatoms. The van der Waals surface area contributed by atoms with Crippen molar-refractivity contribution in [1.29, 1.82) is 0 Å². The van der Waals surface area contributed by atoms with E-state index < -0.39 is 0 Å². The van der Waals surface area contributed by atoms with E-state index in [1.807, 2.05) is 11.9 Å². The van der Waals surface area contributed by atoms with Crippen molar-refractivity contribution in [3.8, 4) is 0 Å². The van der Waals surface area contributed by atoms with Gasteiger partial charge in [-0.2, -0.15) is 0 Å². The zero-order chi connectivity index (χ0) is 11.1. The Labute approximate surface area is 102 Å². The van der Waals surface area contributed by atoms with Crippen molar-refractivity contribution >= 4 is 21.8 Å². The molecule has 0 N–H and O–H groups in total. The largest absolute Gasteiger partial charge is 0.345 e. The highest BCUT2D eigenvalue weighted by atomic mass is 79.9. The van der Waals surface area contributed by atoms with Gasteiger partial charge in [0.25, 0.3) is 0 Å². The summed E-state index contributed by atoms with van der Waals surface area (Å²) in [6.45, 7) is 0.979. The van der Waals surface area contributed by atoms with Crippen molar-refractivity contribution in [3.05, 3.63) is 0 Å². The summed E-state index contributed by atoms with van der Waals surface area (Å²) in [7, 11) is 1.95. The summed E-state index contributed by atoms with van der Waals surface area (Å²) in [5, 5.41) is 1.01. The standard InChI is InChI=1S/C12H22BrNO/c1-14(10-11-6-2-3-7-11)12(15)8-4-5-9-13/h11H,2-10H2,1H3. The second-order valence-corrected chi connectivity index (χ2v) is 5.36. The molecule has 1 aliphatic rings. The van der Waals surface area contributed by atoms with Crippen LogP contribution < -0.4 is 0 Å². The third-order valence-corrected chi connectivity index (χ3v) is 3.77. The molecule has 0 heterocycles. The molecule has 0 aromatic carbocycles. The van der Waals surface area contributed by atoms with Gasteiger partial charge < -0.3 is 4.90 Å². The number of amides is 1. The minimum atomic E-state index is 0.322. The zero-order valence-electron chi connectivity index (χ0n) is 9.67. The Morgan fingerprint density at radius 1 is 1.33 bits per heavy atom. The molecule has 1 saturated carbocycles. The lowest BCUT2D eigenvalue weighted by Gasteiger charge is -2.21. The molecule has 0 radical (unpaired) electrons. The number of nitrogens with zero attached hydrogens (tertiary/aromatic N) is 1. The first-order valence-corrected chi connectivity index (χ1v) is 7.16. The Morgan fingerprint density at radius 3 is 2.60 bits per heavy atom. The second kappa shape index (κ2) is 7.26. The number of alkyl halides is 1. The number of carbonyl (C=O) groups excluding carboxylic acids is 1. The Kier molecular flexibility index (Phi) is 6.30. The first kappa shape index (κ1) is 13.0. The summed E-state index contributed by atoms with van der Waals surface area (Å²) in [4.78, 5) is 13.7. The molecule has 1 fully saturated rings. The lowest BCUT2D eigenvalue weighted by atomic mass is 10.1. The Morgan fingerprint density at radius 2 is 2.00 bits per heavy atom. The van der Waals surface area contributed by atoms with Gasteiger partial charge >= 0.3 is 0 Å². The average Bonchev–Trinajstić information content (AvgIpc) is 2.70. The van der Waals surface area contributed by atoms with E-state index in [9.17, 15) is 4.79 Å². The van der Waals surface area contributed by atoms with Crippen molar-refractivity contribution in [2.24, 2.45) is 5.92 Å². The average molecular weight is 276 g/mol. The fraction of sp³-hybridized carbons (Fsp3) is 0.917. The molecule has 0 spiro atoms. The summed E-state index contributed by atoms with van der Waals surface area (Å²) < 4.78 is 0. The molecule has 0 saturated heterocycles. The Bertz CT molecular complexity index is 190. The van der Waals surface area contributed by atoms with E-state index in [0.29, 0.717) is 5.91 Å². The summed E-state index contributed by atoms with van der Waals surface area (Å²) in [5.74, 6) is 1.10. The van der Waals surface area contributed by atoms with Crippen LogP contribution in [0.4, 0.5) is 0 Å². The van der Waals surface area contributed by atoms with Crippen molar-refractivity contribution in [1.82, 2.24) is 4.90 Å². The van der Waals surface area contributed by atoms with Crippen LogP contribution in [0.1, 0.15) is 44.9 Å². The number of unbranched alkanes of at least 4 members (excludes halogenated alkanes) is 1. The van der Waals surface area contributed by atoms with Crippen molar-refractivity contribution in [2.45, 2.75) is 44.9 Å². The second-order valence-electron chi connectivity index (χ2n) is 4.57. The number of carbonyl (C=O) groups is 1. The molecule has 1 rings (SSSR count). The van der Waals surface area contributed by atoms with E-state index in [1.165, 1.54) is 25.7 Å². The fourth-order valence-electron chi connectivity index (χ4n) is 2.24. The number of rotatable bonds is 6. The fourth-order valence-corrected chi connectivity index (χ4v) is 2.64. The molecule has 0 atom stereocenters. The molecule has 1 aliphatic carbocycles. The van der Waals surface area contributed by atoms with Gasteiger partial charge in [0.05, 0.1) is 0 Å². The van der Waals surface area contributed by atoms with Crippen LogP contribution >= 0.6 is 15.9 Å². The normalized spacial score (nSPS) is 16.9. The molecule has 15 heavy (non-hydrogen) atoms. The highest BCUT2D eigenvalue weighted by Crippen LogP contribution is 2.25. The van der Waals surface area contributed by atoms with Crippen LogP contribution in [-0.4, -0.2) is 29.7 Å². The third kappa shape index (κ3) is 5.01. The minimum Gasteiger partial charge on any atom is -0.345 e. The molecule has 2 nitrogen and oxygen atoms in total. The van der Waals surface area contributed by atoms with Crippen molar-refractivity contribution in [2.75, 3.05) is 18.9 Å². The third-order valence-electron chi connectivity index (χ3n) is 3.21. The van der Waals surface area contributed by atoms with Crippen LogP contribution in [0.2, 0.25) is 0 Å². The highest BCUT2D eigenvalue weighted by Gasteiger charge is 2.18. The number of hydrogen-bond acceptors (Lipinski definition) is 1. The number of halogens is 1. The van der Waals surface area contributed by atoms with Gasteiger partial charge in [0.15, 0.2) is 0 Å². The minimum absolute atomic E-state index is 0.322. The molecule has 0 bridgehead atoms. The van der Waals surface area contributed by atoms with Crippen LogP contribution in [0.3, 0.4) is 0 Å². The summed E-state index contributed by atoms with van der Waals surface area (Å²) in [6, 6.07) is 0. The molecular weight excluding hydrogens is 254 g/mol. The maximum Gasteiger partial charge on any atom is 0.222 e. The van der Waals surface area contributed by atoms with Gasteiger partial charge in [0, 0.05) is 25.3 Å². The molecule has 0 aromatic rings. The maximum atomic E-state index is 11.7. The SMILES string of the molecule is CN(CC1CCCC1)C(=O)CCCCBr. The van der Waals surface area contributed by atoms with Gasteiger partial charge in [0.1, 0.15) is 0 Å². The van der Waals surface area contributed by atoms with Crippen molar-refractivity contribution < 1.29 is 4.79 Å². The zero-order valence-corrected chi connectivity index (χ0v) is 11.3. The monoisotopic (exact) mass is 275 g/mol. The smallest absolute Gasteiger partial charge is 0.222 e. The van der Waals surface area contributed by atoms with Gasteiger partial charge in [-0.15, -0.1) is 0 Å².